The summed E-state index contributed by atoms with van der Waals surface area (Å²) in [4.78, 5) is 0. The van der Waals surface area contributed by atoms with Crippen LogP contribution in [0.3, 0.4) is 0 Å². The smallest absolute Gasteiger partial charge is 0.122 e. The van der Waals surface area contributed by atoms with Gasteiger partial charge in [0.05, 0.1) is 7.11 Å². The standard InChI is InChI=1S/C8H9BrO.2C2H6/c1-6-7(9)4-3-5-8(6)10-2;2*1-2/h3-5H,1-2H3;2*1-2H3. The van der Waals surface area contributed by atoms with Gasteiger partial charge in [-0.05, 0) is 19.1 Å². The molecule has 1 rings (SSSR count). The molecule has 0 aliphatic heterocycles. The van der Waals surface area contributed by atoms with Crippen molar-refractivity contribution in [1.82, 2.24) is 0 Å². The second-order valence-corrected chi connectivity index (χ2v) is 2.92. The highest BCUT2D eigenvalue weighted by atomic mass is 79.9. The quantitative estimate of drug-likeness (QED) is 0.704. The summed E-state index contributed by atoms with van der Waals surface area (Å²) in [6.07, 6.45) is 0. The van der Waals surface area contributed by atoms with Crippen molar-refractivity contribution in [2.24, 2.45) is 0 Å². The van der Waals surface area contributed by atoms with Crippen molar-refractivity contribution in [1.29, 1.82) is 0 Å². The molecule has 0 spiro atoms. The zero-order chi connectivity index (χ0) is 11.6. The summed E-state index contributed by atoms with van der Waals surface area (Å²) in [5.74, 6) is 0.925. The third kappa shape index (κ3) is 5.28. The van der Waals surface area contributed by atoms with E-state index in [2.05, 4.69) is 15.9 Å². The minimum Gasteiger partial charge on any atom is -0.496 e. The molecule has 0 unspecified atom stereocenters. The summed E-state index contributed by atoms with van der Waals surface area (Å²) < 4.78 is 6.19. The molecule has 2 heteroatoms. The topological polar surface area (TPSA) is 9.23 Å². The Labute approximate surface area is 96.6 Å². The minimum atomic E-state index is 0.925. The van der Waals surface area contributed by atoms with Crippen LogP contribution in [-0.2, 0) is 0 Å². The fourth-order valence-corrected chi connectivity index (χ4v) is 1.16. The van der Waals surface area contributed by atoms with Crippen molar-refractivity contribution >= 4 is 15.9 Å². The van der Waals surface area contributed by atoms with E-state index in [9.17, 15) is 0 Å². The molecule has 1 aromatic carbocycles. The van der Waals surface area contributed by atoms with Crippen LogP contribution < -0.4 is 4.74 Å². The molecular formula is C12H21BrO. The van der Waals surface area contributed by atoms with Crippen LogP contribution in [0.5, 0.6) is 5.75 Å². The zero-order valence-electron chi connectivity index (χ0n) is 10.0. The molecule has 1 aromatic rings. The summed E-state index contributed by atoms with van der Waals surface area (Å²) in [7, 11) is 1.68. The third-order valence-electron chi connectivity index (χ3n) is 1.44. The third-order valence-corrected chi connectivity index (χ3v) is 2.30. The van der Waals surface area contributed by atoms with E-state index in [-0.39, 0.29) is 0 Å². The highest BCUT2D eigenvalue weighted by Crippen LogP contribution is 2.24. The molecule has 0 amide bonds. The van der Waals surface area contributed by atoms with E-state index < -0.39 is 0 Å². The van der Waals surface area contributed by atoms with Gasteiger partial charge in [0.1, 0.15) is 5.75 Å². The van der Waals surface area contributed by atoms with Crippen LogP contribution in [0, 0.1) is 6.92 Å². The molecule has 14 heavy (non-hydrogen) atoms. The van der Waals surface area contributed by atoms with Crippen molar-refractivity contribution in [2.45, 2.75) is 34.6 Å². The minimum absolute atomic E-state index is 0.925. The lowest BCUT2D eigenvalue weighted by Crippen LogP contribution is -1.86. The van der Waals surface area contributed by atoms with E-state index >= 15 is 0 Å². The zero-order valence-corrected chi connectivity index (χ0v) is 11.6. The maximum Gasteiger partial charge on any atom is 0.122 e. The average Bonchev–Trinajstić information content (AvgIpc) is 2.28. The first kappa shape index (κ1) is 15.9. The fourth-order valence-electron chi connectivity index (χ4n) is 0.809. The molecule has 0 aromatic heterocycles. The number of benzene rings is 1. The molecule has 0 bridgehead atoms. The van der Waals surface area contributed by atoms with Gasteiger partial charge >= 0.3 is 0 Å². The second kappa shape index (κ2) is 10.6. The van der Waals surface area contributed by atoms with E-state index in [1.165, 1.54) is 0 Å². The van der Waals surface area contributed by atoms with Crippen LogP contribution in [0.2, 0.25) is 0 Å². The number of methoxy groups -OCH3 is 1. The van der Waals surface area contributed by atoms with Gasteiger partial charge in [0.15, 0.2) is 0 Å². The van der Waals surface area contributed by atoms with Crippen molar-refractivity contribution in [3.8, 4) is 5.75 Å². The van der Waals surface area contributed by atoms with Crippen LogP contribution in [0.1, 0.15) is 33.3 Å². The van der Waals surface area contributed by atoms with Crippen molar-refractivity contribution in [2.75, 3.05) is 7.11 Å². The molecular weight excluding hydrogens is 240 g/mol. The molecule has 1 nitrogen and oxygen atoms in total. The molecule has 0 saturated carbocycles. The highest BCUT2D eigenvalue weighted by Gasteiger charge is 1.98. The number of ether oxygens (including phenoxy) is 1. The molecule has 0 saturated heterocycles. The van der Waals surface area contributed by atoms with E-state index in [1.54, 1.807) is 7.11 Å². The average molecular weight is 261 g/mol. The monoisotopic (exact) mass is 260 g/mol. The summed E-state index contributed by atoms with van der Waals surface area (Å²) >= 11 is 3.41. The molecule has 0 aliphatic rings. The van der Waals surface area contributed by atoms with Gasteiger partial charge in [-0.1, -0.05) is 49.7 Å². The van der Waals surface area contributed by atoms with Gasteiger partial charge in [-0.3, -0.25) is 0 Å². The Kier molecular flexibility index (Phi) is 12.1. The van der Waals surface area contributed by atoms with Gasteiger partial charge in [0.2, 0.25) is 0 Å². The first-order valence-corrected chi connectivity index (χ1v) is 5.84. The van der Waals surface area contributed by atoms with Gasteiger partial charge in [-0.25, -0.2) is 0 Å². The van der Waals surface area contributed by atoms with Gasteiger partial charge in [0.25, 0.3) is 0 Å². The van der Waals surface area contributed by atoms with Crippen LogP contribution >= 0.6 is 15.9 Å². The predicted molar refractivity (Wildman–Crippen MR) is 68.1 cm³/mol. The summed E-state index contributed by atoms with van der Waals surface area (Å²) in [6, 6.07) is 5.90. The Morgan fingerprint density at radius 1 is 1.07 bits per heavy atom. The highest BCUT2D eigenvalue weighted by molar-refractivity contribution is 9.10. The van der Waals surface area contributed by atoms with Gasteiger partial charge in [0, 0.05) is 10.0 Å². The van der Waals surface area contributed by atoms with Crippen molar-refractivity contribution in [3.05, 3.63) is 28.2 Å². The lowest BCUT2D eigenvalue weighted by atomic mass is 10.2. The Morgan fingerprint density at radius 2 is 1.57 bits per heavy atom. The van der Waals surface area contributed by atoms with Gasteiger partial charge in [-0.2, -0.15) is 0 Å². The Balaban J connectivity index is 0. The molecule has 0 atom stereocenters. The number of hydrogen-bond donors (Lipinski definition) is 0. The Bertz CT molecular complexity index is 234. The summed E-state index contributed by atoms with van der Waals surface area (Å²) in [5, 5.41) is 0. The normalized spacial score (nSPS) is 7.64. The largest absolute Gasteiger partial charge is 0.496 e. The first-order valence-electron chi connectivity index (χ1n) is 5.05. The SMILES string of the molecule is CC.CC.COc1cccc(Br)c1C. The van der Waals surface area contributed by atoms with Crippen LogP contribution in [0.15, 0.2) is 22.7 Å². The predicted octanol–water partition coefficient (Wildman–Crippen LogP) is 4.82. The van der Waals surface area contributed by atoms with Crippen molar-refractivity contribution in [3.63, 3.8) is 0 Å². The van der Waals surface area contributed by atoms with Crippen LogP contribution in [-0.4, -0.2) is 7.11 Å². The molecule has 0 aliphatic carbocycles. The van der Waals surface area contributed by atoms with Crippen LogP contribution in [0.25, 0.3) is 0 Å². The maximum absolute atomic E-state index is 5.10. The van der Waals surface area contributed by atoms with Crippen LogP contribution in [0.4, 0.5) is 0 Å². The van der Waals surface area contributed by atoms with E-state index in [0.717, 1.165) is 15.8 Å². The second-order valence-electron chi connectivity index (χ2n) is 2.07. The molecule has 82 valence electrons. The molecule has 0 radical (unpaired) electrons. The fraction of sp³-hybridized carbons (Fsp3) is 0.500. The molecule has 0 N–H and O–H groups in total. The lowest BCUT2D eigenvalue weighted by molar-refractivity contribution is 0.411. The van der Waals surface area contributed by atoms with Gasteiger partial charge in [-0.15, -0.1) is 0 Å². The van der Waals surface area contributed by atoms with E-state index in [0.29, 0.717) is 0 Å². The number of hydrogen-bond acceptors (Lipinski definition) is 1. The molecule has 0 heterocycles. The number of rotatable bonds is 1. The lowest BCUT2D eigenvalue weighted by Gasteiger charge is -2.04. The summed E-state index contributed by atoms with van der Waals surface area (Å²) in [6.45, 7) is 10.0. The Hall–Kier alpha value is -0.500. The first-order chi connectivity index (χ1) is 6.75. The maximum atomic E-state index is 5.10. The molecule has 0 fully saturated rings. The summed E-state index contributed by atoms with van der Waals surface area (Å²) in [5.41, 5.74) is 1.14. The van der Waals surface area contributed by atoms with Crippen molar-refractivity contribution < 1.29 is 4.74 Å². The van der Waals surface area contributed by atoms with E-state index in [4.69, 9.17) is 4.74 Å². The number of halogens is 1. The Morgan fingerprint density at radius 3 is 1.93 bits per heavy atom. The van der Waals surface area contributed by atoms with E-state index in [1.807, 2.05) is 52.8 Å². The van der Waals surface area contributed by atoms with Gasteiger partial charge < -0.3 is 4.74 Å².